The molecule has 1 unspecified atom stereocenters. The van der Waals surface area contributed by atoms with Crippen LogP contribution in [0.25, 0.3) is 0 Å². The lowest BCUT2D eigenvalue weighted by molar-refractivity contribution is 0.382. The van der Waals surface area contributed by atoms with Gasteiger partial charge in [-0.1, -0.05) is 6.07 Å². The molecule has 1 aromatic carbocycles. The summed E-state index contributed by atoms with van der Waals surface area (Å²) in [5.41, 5.74) is 1.03. The lowest BCUT2D eigenvalue weighted by Gasteiger charge is -2.20. The van der Waals surface area contributed by atoms with Gasteiger partial charge in [0.05, 0.1) is 7.11 Å². The molecule has 0 aliphatic heterocycles. The number of hydrogen-bond donors (Lipinski definition) is 1. The zero-order valence-corrected chi connectivity index (χ0v) is 14.4. The molecule has 5 nitrogen and oxygen atoms in total. The monoisotopic (exact) mass is 333 g/mol. The van der Waals surface area contributed by atoms with E-state index in [1.807, 2.05) is 13.0 Å². The van der Waals surface area contributed by atoms with Gasteiger partial charge in [-0.05, 0) is 49.8 Å². The van der Waals surface area contributed by atoms with Gasteiger partial charge in [-0.3, -0.25) is 0 Å². The van der Waals surface area contributed by atoms with E-state index in [0.29, 0.717) is 17.9 Å². The first kappa shape index (κ1) is 16.9. The minimum Gasteiger partial charge on any atom is -0.494 e. The van der Waals surface area contributed by atoms with Crippen molar-refractivity contribution in [2.75, 3.05) is 7.11 Å². The van der Waals surface area contributed by atoms with Crippen molar-refractivity contribution in [3.05, 3.63) is 41.4 Å². The van der Waals surface area contributed by atoms with Gasteiger partial charge in [-0.25, -0.2) is 4.39 Å². The maximum atomic E-state index is 13.5. The van der Waals surface area contributed by atoms with Crippen LogP contribution >= 0.6 is 0 Å². The molecule has 3 atom stereocenters. The first-order valence-corrected chi connectivity index (χ1v) is 8.43. The lowest BCUT2D eigenvalue weighted by Crippen LogP contribution is -2.29. The third-order valence-electron chi connectivity index (χ3n) is 4.73. The zero-order chi connectivity index (χ0) is 17.1. The average molecular weight is 333 g/mol. The molecule has 1 aliphatic rings. The molecule has 0 amide bonds. The predicted octanol–water partition coefficient (Wildman–Crippen LogP) is 3.59. The molecule has 2 aromatic rings. The number of nitrogens with one attached hydrogen (secondary N) is 1. The van der Waals surface area contributed by atoms with Crippen LogP contribution in [0.2, 0.25) is 0 Å². The molecule has 0 spiro atoms. The number of rotatable bonds is 6. The standard InChI is InChI=1S/C18H24FN3O2/c1-11(14-5-7-16(19)17(10-14)23-3)20-15-6-4-13(8-15)9-18-22-21-12(2)24-18/h5,7,10-11,13,15,20H,4,6,8-9H2,1-3H3/t11?,13-,15+/m1/s1. The van der Waals surface area contributed by atoms with Gasteiger partial charge >= 0.3 is 0 Å². The third-order valence-corrected chi connectivity index (χ3v) is 4.73. The summed E-state index contributed by atoms with van der Waals surface area (Å²) >= 11 is 0. The molecule has 0 saturated heterocycles. The van der Waals surface area contributed by atoms with E-state index in [-0.39, 0.29) is 17.6 Å². The summed E-state index contributed by atoms with van der Waals surface area (Å²) in [7, 11) is 1.49. The van der Waals surface area contributed by atoms with Gasteiger partial charge in [0.25, 0.3) is 0 Å². The van der Waals surface area contributed by atoms with Crippen LogP contribution < -0.4 is 10.1 Å². The van der Waals surface area contributed by atoms with Crippen molar-refractivity contribution in [2.24, 2.45) is 5.92 Å². The van der Waals surface area contributed by atoms with Crippen LogP contribution in [-0.4, -0.2) is 23.3 Å². The smallest absolute Gasteiger partial charge is 0.216 e. The number of aromatic nitrogens is 2. The van der Waals surface area contributed by atoms with Gasteiger partial charge in [-0.2, -0.15) is 0 Å². The molecule has 1 aliphatic carbocycles. The van der Waals surface area contributed by atoms with Crippen LogP contribution in [0.1, 0.15) is 49.6 Å². The van der Waals surface area contributed by atoms with Gasteiger partial charge in [0.1, 0.15) is 0 Å². The van der Waals surface area contributed by atoms with E-state index >= 15 is 0 Å². The molecule has 1 heterocycles. The Kier molecular flexibility index (Phi) is 5.14. The van der Waals surface area contributed by atoms with Gasteiger partial charge in [-0.15, -0.1) is 10.2 Å². The molecule has 1 saturated carbocycles. The van der Waals surface area contributed by atoms with E-state index in [1.165, 1.54) is 13.2 Å². The predicted molar refractivity (Wildman–Crippen MR) is 88.4 cm³/mol. The Morgan fingerprint density at radius 1 is 1.38 bits per heavy atom. The van der Waals surface area contributed by atoms with Crippen LogP contribution in [0.15, 0.2) is 22.6 Å². The van der Waals surface area contributed by atoms with Crippen molar-refractivity contribution in [3.8, 4) is 5.75 Å². The Hall–Kier alpha value is -1.95. The number of ether oxygens (including phenoxy) is 1. The van der Waals surface area contributed by atoms with Gasteiger partial charge in [0.15, 0.2) is 11.6 Å². The van der Waals surface area contributed by atoms with Crippen molar-refractivity contribution in [3.63, 3.8) is 0 Å². The maximum Gasteiger partial charge on any atom is 0.216 e. The molecule has 0 bridgehead atoms. The number of hydrogen-bond acceptors (Lipinski definition) is 5. The molecular formula is C18H24FN3O2. The van der Waals surface area contributed by atoms with Gasteiger partial charge in [0, 0.05) is 25.4 Å². The second-order valence-corrected chi connectivity index (χ2v) is 6.58. The number of nitrogens with zero attached hydrogens (tertiary/aromatic N) is 2. The van der Waals surface area contributed by atoms with Crippen LogP contribution in [0.4, 0.5) is 4.39 Å². The number of aryl methyl sites for hydroxylation is 1. The van der Waals surface area contributed by atoms with E-state index in [9.17, 15) is 4.39 Å². The molecule has 3 rings (SSSR count). The summed E-state index contributed by atoms with van der Waals surface area (Å²) < 4.78 is 24.1. The Labute approximate surface area is 141 Å². The maximum absolute atomic E-state index is 13.5. The second-order valence-electron chi connectivity index (χ2n) is 6.58. The third kappa shape index (κ3) is 3.93. The van der Waals surface area contributed by atoms with Gasteiger partial charge in [0.2, 0.25) is 11.8 Å². The van der Waals surface area contributed by atoms with Crippen molar-refractivity contribution < 1.29 is 13.5 Å². The molecule has 1 N–H and O–H groups in total. The number of benzene rings is 1. The fraction of sp³-hybridized carbons (Fsp3) is 0.556. The summed E-state index contributed by atoms with van der Waals surface area (Å²) in [6.45, 7) is 3.91. The minimum atomic E-state index is -0.329. The first-order valence-electron chi connectivity index (χ1n) is 8.43. The summed E-state index contributed by atoms with van der Waals surface area (Å²) in [5.74, 6) is 1.88. The van der Waals surface area contributed by atoms with Crippen LogP contribution in [-0.2, 0) is 6.42 Å². The SMILES string of the molecule is COc1cc(C(C)N[C@H]2CC[C@@H](Cc3nnc(C)o3)C2)ccc1F. The minimum absolute atomic E-state index is 0.147. The van der Waals surface area contributed by atoms with Crippen molar-refractivity contribution in [1.82, 2.24) is 15.5 Å². The highest BCUT2D eigenvalue weighted by Crippen LogP contribution is 2.30. The Balaban J connectivity index is 1.55. The van der Waals surface area contributed by atoms with E-state index in [0.717, 1.165) is 37.1 Å². The number of methoxy groups -OCH3 is 1. The Morgan fingerprint density at radius 3 is 2.92 bits per heavy atom. The molecule has 0 radical (unpaired) electrons. The number of halogens is 1. The summed E-state index contributed by atoms with van der Waals surface area (Å²) in [6.07, 6.45) is 4.21. The molecular weight excluding hydrogens is 309 g/mol. The summed E-state index contributed by atoms with van der Waals surface area (Å²) in [4.78, 5) is 0. The molecule has 1 fully saturated rings. The molecule has 24 heavy (non-hydrogen) atoms. The highest BCUT2D eigenvalue weighted by Gasteiger charge is 2.27. The van der Waals surface area contributed by atoms with Crippen LogP contribution in [0.5, 0.6) is 5.75 Å². The van der Waals surface area contributed by atoms with E-state index in [1.54, 1.807) is 6.07 Å². The molecule has 1 aromatic heterocycles. The van der Waals surface area contributed by atoms with E-state index in [4.69, 9.17) is 9.15 Å². The van der Waals surface area contributed by atoms with Crippen molar-refractivity contribution in [1.29, 1.82) is 0 Å². The normalized spacial score (nSPS) is 21.8. The van der Waals surface area contributed by atoms with Gasteiger partial charge < -0.3 is 14.5 Å². The van der Waals surface area contributed by atoms with Crippen molar-refractivity contribution >= 4 is 0 Å². The quantitative estimate of drug-likeness (QED) is 0.875. The van der Waals surface area contributed by atoms with Crippen LogP contribution in [0.3, 0.4) is 0 Å². The first-order chi connectivity index (χ1) is 11.5. The fourth-order valence-corrected chi connectivity index (χ4v) is 3.47. The topological polar surface area (TPSA) is 60.2 Å². The largest absolute Gasteiger partial charge is 0.494 e. The highest BCUT2D eigenvalue weighted by molar-refractivity contribution is 5.32. The van der Waals surface area contributed by atoms with Crippen molar-refractivity contribution in [2.45, 2.75) is 51.6 Å². The second kappa shape index (κ2) is 7.30. The Morgan fingerprint density at radius 2 is 2.21 bits per heavy atom. The molecule has 130 valence electrons. The average Bonchev–Trinajstić information content (AvgIpc) is 3.17. The summed E-state index contributed by atoms with van der Waals surface area (Å²) in [6, 6.07) is 5.63. The lowest BCUT2D eigenvalue weighted by atomic mass is 10.0. The van der Waals surface area contributed by atoms with Crippen LogP contribution in [0, 0.1) is 18.7 Å². The van der Waals surface area contributed by atoms with E-state index in [2.05, 4.69) is 22.4 Å². The summed E-state index contributed by atoms with van der Waals surface area (Å²) in [5, 5.41) is 11.6. The fourth-order valence-electron chi connectivity index (χ4n) is 3.47. The zero-order valence-electron chi connectivity index (χ0n) is 14.4. The molecule has 6 heteroatoms. The highest BCUT2D eigenvalue weighted by atomic mass is 19.1. The van der Waals surface area contributed by atoms with E-state index < -0.39 is 0 Å². The Bertz CT molecular complexity index is 689.